The Morgan fingerprint density at radius 1 is 1.55 bits per heavy atom. The number of aromatic nitrogens is 2. The molecule has 0 spiro atoms. The van der Waals surface area contributed by atoms with Gasteiger partial charge in [0.1, 0.15) is 18.2 Å². The van der Waals surface area contributed by atoms with Crippen molar-refractivity contribution in [1.82, 2.24) is 9.97 Å². The lowest BCUT2D eigenvalue weighted by molar-refractivity contribution is 0.128. The van der Waals surface area contributed by atoms with Gasteiger partial charge in [-0.3, -0.25) is 0 Å². The van der Waals surface area contributed by atoms with Crippen molar-refractivity contribution < 1.29 is 9.84 Å². The van der Waals surface area contributed by atoms with Crippen LogP contribution in [-0.4, -0.2) is 47.9 Å². The van der Waals surface area contributed by atoms with Crippen molar-refractivity contribution in [3.05, 3.63) is 11.9 Å². The van der Waals surface area contributed by atoms with Gasteiger partial charge in [0.05, 0.1) is 6.10 Å². The Kier molecular flexibility index (Phi) is 5.14. The highest BCUT2D eigenvalue weighted by Gasteiger charge is 2.27. The van der Waals surface area contributed by atoms with Crippen molar-refractivity contribution >= 4 is 11.6 Å². The van der Waals surface area contributed by atoms with Crippen LogP contribution in [0.4, 0.5) is 11.6 Å². The van der Waals surface area contributed by atoms with E-state index in [2.05, 4.69) is 20.2 Å². The van der Waals surface area contributed by atoms with Gasteiger partial charge in [0.15, 0.2) is 5.82 Å². The van der Waals surface area contributed by atoms with Crippen molar-refractivity contribution in [2.45, 2.75) is 33.0 Å². The van der Waals surface area contributed by atoms with E-state index in [4.69, 9.17) is 4.74 Å². The molecule has 1 aliphatic heterocycles. The van der Waals surface area contributed by atoms with E-state index in [0.717, 1.165) is 31.1 Å². The van der Waals surface area contributed by atoms with Crippen molar-refractivity contribution in [3.8, 4) is 0 Å². The molecular formula is C14H24N4O2. The first-order valence-corrected chi connectivity index (χ1v) is 7.20. The molecule has 1 saturated heterocycles. The molecule has 0 aromatic carbocycles. The van der Waals surface area contributed by atoms with Crippen LogP contribution in [0.1, 0.15) is 26.1 Å². The van der Waals surface area contributed by atoms with Crippen LogP contribution in [0, 0.1) is 5.92 Å². The zero-order valence-electron chi connectivity index (χ0n) is 12.5. The fourth-order valence-corrected chi connectivity index (χ4v) is 2.42. The van der Waals surface area contributed by atoms with E-state index in [0.29, 0.717) is 25.0 Å². The molecule has 2 N–H and O–H groups in total. The minimum atomic E-state index is -0.270. The number of nitrogens with one attached hydrogen (secondary N) is 1. The minimum Gasteiger partial charge on any atom is -0.393 e. The summed E-state index contributed by atoms with van der Waals surface area (Å²) in [5, 5.41) is 12.8. The van der Waals surface area contributed by atoms with Crippen LogP contribution in [0.25, 0.3) is 0 Å². The average Bonchev–Trinajstić information content (AvgIpc) is 2.94. The minimum absolute atomic E-state index is 0.270. The molecule has 2 atom stereocenters. The monoisotopic (exact) mass is 280 g/mol. The summed E-state index contributed by atoms with van der Waals surface area (Å²) in [6.07, 6.45) is 0.727. The number of hydrogen-bond donors (Lipinski definition) is 2. The lowest BCUT2D eigenvalue weighted by atomic mass is 10.0. The van der Waals surface area contributed by atoms with Crippen LogP contribution in [0.5, 0.6) is 0 Å². The Morgan fingerprint density at radius 3 is 2.95 bits per heavy atom. The maximum absolute atomic E-state index is 9.70. The first-order valence-electron chi connectivity index (χ1n) is 7.20. The van der Waals surface area contributed by atoms with Crippen LogP contribution in [0.15, 0.2) is 6.07 Å². The predicted molar refractivity (Wildman–Crippen MR) is 78.9 cm³/mol. The third-order valence-electron chi connectivity index (χ3n) is 3.68. The molecule has 2 rings (SSSR count). The summed E-state index contributed by atoms with van der Waals surface area (Å²) in [5.74, 6) is 2.71. The number of aliphatic hydroxyl groups excluding tert-OH is 1. The van der Waals surface area contributed by atoms with E-state index < -0.39 is 0 Å². The zero-order chi connectivity index (χ0) is 14.5. The van der Waals surface area contributed by atoms with Gasteiger partial charge in [-0.2, -0.15) is 0 Å². The molecule has 1 aromatic rings. The van der Waals surface area contributed by atoms with Gasteiger partial charge in [0.25, 0.3) is 0 Å². The van der Waals surface area contributed by atoms with Crippen LogP contribution in [-0.2, 0) is 11.3 Å². The normalized spacial score (nSPS) is 20.2. The van der Waals surface area contributed by atoms with E-state index in [1.165, 1.54) is 0 Å². The molecule has 0 bridgehead atoms. The first kappa shape index (κ1) is 15.0. The quantitative estimate of drug-likeness (QED) is 0.817. The summed E-state index contributed by atoms with van der Waals surface area (Å²) in [6.45, 7) is 6.64. The predicted octanol–water partition coefficient (Wildman–Crippen LogP) is 1.26. The Morgan fingerprint density at radius 2 is 2.35 bits per heavy atom. The molecule has 20 heavy (non-hydrogen) atoms. The summed E-state index contributed by atoms with van der Waals surface area (Å²) in [6, 6.07) is 1.94. The molecule has 1 fully saturated rings. The summed E-state index contributed by atoms with van der Waals surface area (Å²) in [4.78, 5) is 11.2. The van der Waals surface area contributed by atoms with Gasteiger partial charge in [-0.25, -0.2) is 9.97 Å². The number of anilines is 2. The molecule has 2 heterocycles. The van der Waals surface area contributed by atoms with Gasteiger partial charge in [-0.05, 0) is 20.3 Å². The molecule has 0 radical (unpaired) electrons. The third kappa shape index (κ3) is 3.58. The summed E-state index contributed by atoms with van der Waals surface area (Å²) in [7, 11) is 1.85. The maximum Gasteiger partial charge on any atom is 0.158 e. The molecule has 2 unspecified atom stereocenters. The van der Waals surface area contributed by atoms with Gasteiger partial charge < -0.3 is 20.1 Å². The first-order chi connectivity index (χ1) is 9.63. The number of hydrogen-bond acceptors (Lipinski definition) is 6. The fraction of sp³-hybridized carbons (Fsp3) is 0.714. The maximum atomic E-state index is 9.70. The lowest BCUT2D eigenvalue weighted by Gasteiger charge is -2.20. The van der Waals surface area contributed by atoms with Crippen molar-refractivity contribution in [3.63, 3.8) is 0 Å². The highest BCUT2D eigenvalue weighted by atomic mass is 16.5. The van der Waals surface area contributed by atoms with Crippen LogP contribution >= 0.6 is 0 Å². The second-order valence-electron chi connectivity index (χ2n) is 5.15. The Balaban J connectivity index is 2.14. The molecule has 0 amide bonds. The summed E-state index contributed by atoms with van der Waals surface area (Å²) in [5.41, 5.74) is 0. The van der Waals surface area contributed by atoms with Crippen LogP contribution in [0.3, 0.4) is 0 Å². The molecule has 6 nitrogen and oxygen atoms in total. The van der Waals surface area contributed by atoms with Gasteiger partial charge in [-0.15, -0.1) is 0 Å². The van der Waals surface area contributed by atoms with E-state index in [1.807, 2.05) is 27.0 Å². The molecule has 0 aliphatic carbocycles. The van der Waals surface area contributed by atoms with E-state index in [-0.39, 0.29) is 6.10 Å². The highest BCUT2D eigenvalue weighted by molar-refractivity contribution is 5.49. The SMILES string of the molecule is CCOCc1nc(NC)cc(N2CCC(C(C)O)C2)n1. The zero-order valence-corrected chi connectivity index (χ0v) is 12.5. The largest absolute Gasteiger partial charge is 0.393 e. The molecule has 112 valence electrons. The number of nitrogens with zero attached hydrogens (tertiary/aromatic N) is 3. The number of aliphatic hydroxyl groups is 1. The highest BCUT2D eigenvalue weighted by Crippen LogP contribution is 2.25. The third-order valence-corrected chi connectivity index (χ3v) is 3.68. The van der Waals surface area contributed by atoms with Crippen LogP contribution < -0.4 is 10.2 Å². The smallest absolute Gasteiger partial charge is 0.158 e. The van der Waals surface area contributed by atoms with Gasteiger partial charge >= 0.3 is 0 Å². The van der Waals surface area contributed by atoms with Gasteiger partial charge in [-0.1, -0.05) is 0 Å². The Hall–Kier alpha value is -1.40. The van der Waals surface area contributed by atoms with Gasteiger partial charge in [0, 0.05) is 38.7 Å². The van der Waals surface area contributed by atoms with E-state index in [1.54, 1.807) is 0 Å². The second kappa shape index (κ2) is 6.85. The average molecular weight is 280 g/mol. The lowest BCUT2D eigenvalue weighted by Crippen LogP contribution is -2.25. The summed E-state index contributed by atoms with van der Waals surface area (Å²) >= 11 is 0. The topological polar surface area (TPSA) is 70.5 Å². The molecule has 0 saturated carbocycles. The molecule has 6 heteroatoms. The second-order valence-corrected chi connectivity index (χ2v) is 5.15. The molecule has 1 aromatic heterocycles. The number of rotatable bonds is 6. The van der Waals surface area contributed by atoms with Crippen LogP contribution in [0.2, 0.25) is 0 Å². The Bertz CT molecular complexity index is 439. The number of ether oxygens (including phenoxy) is 1. The summed E-state index contributed by atoms with van der Waals surface area (Å²) < 4.78 is 5.38. The van der Waals surface area contributed by atoms with Crippen molar-refractivity contribution in [2.24, 2.45) is 5.92 Å². The van der Waals surface area contributed by atoms with Crippen molar-refractivity contribution in [1.29, 1.82) is 0 Å². The fourth-order valence-electron chi connectivity index (χ4n) is 2.42. The standard InChI is InChI=1S/C14H24N4O2/c1-4-20-9-13-16-12(15-3)7-14(17-13)18-6-5-11(8-18)10(2)19/h7,10-11,19H,4-6,8-9H2,1-3H3,(H,15,16,17). The Labute approximate surface area is 120 Å². The van der Waals surface area contributed by atoms with E-state index >= 15 is 0 Å². The van der Waals surface area contributed by atoms with Gasteiger partial charge in [0.2, 0.25) is 0 Å². The molecular weight excluding hydrogens is 256 g/mol. The van der Waals surface area contributed by atoms with E-state index in [9.17, 15) is 5.11 Å². The molecule has 1 aliphatic rings. The van der Waals surface area contributed by atoms with Crippen molar-refractivity contribution in [2.75, 3.05) is 37.0 Å².